The van der Waals surface area contributed by atoms with Crippen molar-refractivity contribution >= 4 is 51.8 Å². The molecule has 1 aliphatic rings. The maximum Gasteiger partial charge on any atom is 0.307 e. The molecule has 1 unspecified atom stereocenters. The first-order valence-corrected chi connectivity index (χ1v) is 12.4. The first-order chi connectivity index (χ1) is 15.1. The van der Waals surface area contributed by atoms with E-state index in [1.54, 1.807) is 0 Å². The Labute approximate surface area is 213 Å². The fourth-order valence-corrected chi connectivity index (χ4v) is 4.98. The van der Waals surface area contributed by atoms with Gasteiger partial charge in [0.05, 0.1) is 19.1 Å². The highest BCUT2D eigenvalue weighted by atomic mass is 127. The third-order valence-corrected chi connectivity index (χ3v) is 6.24. The lowest BCUT2D eigenvalue weighted by atomic mass is 10.1. The predicted molar refractivity (Wildman–Crippen MR) is 136 cm³/mol. The van der Waals surface area contributed by atoms with Crippen molar-refractivity contribution in [3.05, 3.63) is 61.1 Å². The molecule has 5 nitrogen and oxygen atoms in total. The Balaban J connectivity index is 1.52. The van der Waals surface area contributed by atoms with Gasteiger partial charge in [-0.2, -0.15) is 0 Å². The Hall–Kier alpha value is -1.06. The summed E-state index contributed by atoms with van der Waals surface area (Å²) in [6.07, 6.45) is 0.331. The number of halogens is 3. The summed E-state index contributed by atoms with van der Waals surface area (Å²) >= 11 is 14.8. The van der Waals surface area contributed by atoms with Gasteiger partial charge in [-0.1, -0.05) is 35.3 Å². The van der Waals surface area contributed by atoms with Crippen molar-refractivity contribution in [3.8, 4) is 5.75 Å². The van der Waals surface area contributed by atoms with Crippen LogP contribution in [0.25, 0.3) is 0 Å². The molecule has 0 amide bonds. The summed E-state index contributed by atoms with van der Waals surface area (Å²) in [4.78, 5) is 14.2. The molecule has 0 aliphatic carbocycles. The lowest BCUT2D eigenvalue weighted by molar-refractivity contribution is -0.155. The average molecular weight is 592 g/mol. The van der Waals surface area contributed by atoms with Crippen LogP contribution in [0, 0.1) is 3.57 Å². The van der Waals surface area contributed by atoms with Crippen LogP contribution in [0.4, 0.5) is 0 Å². The van der Waals surface area contributed by atoms with E-state index in [0.29, 0.717) is 36.2 Å². The quantitative estimate of drug-likeness (QED) is 0.280. The van der Waals surface area contributed by atoms with Gasteiger partial charge < -0.3 is 14.2 Å². The minimum absolute atomic E-state index is 0.0449. The van der Waals surface area contributed by atoms with E-state index in [1.807, 2.05) is 57.2 Å². The molecule has 0 aromatic heterocycles. The van der Waals surface area contributed by atoms with Crippen molar-refractivity contribution < 1.29 is 19.0 Å². The molecule has 0 saturated carbocycles. The van der Waals surface area contributed by atoms with Gasteiger partial charge in [0.25, 0.3) is 0 Å². The van der Waals surface area contributed by atoms with Gasteiger partial charge in [0.2, 0.25) is 0 Å². The molecule has 0 radical (unpaired) electrons. The zero-order chi connectivity index (χ0) is 23.3. The number of rotatable bonds is 7. The number of ether oxygens (including phenoxy) is 3. The molecule has 0 bridgehead atoms. The number of benzene rings is 2. The summed E-state index contributed by atoms with van der Waals surface area (Å²) in [6, 6.07) is 11.6. The molecule has 3 rings (SSSR count). The Bertz CT molecular complexity index is 908. The summed E-state index contributed by atoms with van der Waals surface area (Å²) in [7, 11) is 0. The Morgan fingerprint density at radius 1 is 1.19 bits per heavy atom. The number of carbonyl (C=O) groups excluding carboxylic acids is 1. The van der Waals surface area contributed by atoms with Crippen molar-refractivity contribution in [1.29, 1.82) is 0 Å². The zero-order valence-corrected chi connectivity index (χ0v) is 22.2. The zero-order valence-electron chi connectivity index (χ0n) is 18.5. The van der Waals surface area contributed by atoms with Crippen molar-refractivity contribution in [3.63, 3.8) is 0 Å². The highest BCUT2D eigenvalue weighted by molar-refractivity contribution is 14.1. The van der Waals surface area contributed by atoms with Crippen LogP contribution >= 0.6 is 45.8 Å². The summed E-state index contributed by atoms with van der Waals surface area (Å²) in [5.41, 5.74) is 1.39. The highest BCUT2D eigenvalue weighted by Crippen LogP contribution is 2.29. The highest BCUT2D eigenvalue weighted by Gasteiger charge is 2.23. The number of carbonyl (C=O) groups is 1. The molecule has 0 spiro atoms. The van der Waals surface area contributed by atoms with E-state index in [4.69, 9.17) is 37.4 Å². The van der Waals surface area contributed by atoms with Crippen LogP contribution in [0.3, 0.4) is 0 Å². The second-order valence-electron chi connectivity index (χ2n) is 8.70. The summed E-state index contributed by atoms with van der Waals surface area (Å²) in [6.45, 7) is 8.77. The first kappa shape index (κ1) is 25.6. The van der Waals surface area contributed by atoms with Gasteiger partial charge in [-0.25, -0.2) is 0 Å². The lowest BCUT2D eigenvalue weighted by Crippen LogP contribution is -2.39. The molecule has 2 aromatic rings. The topological polar surface area (TPSA) is 48.0 Å². The van der Waals surface area contributed by atoms with Gasteiger partial charge in [-0.05, 0) is 73.2 Å². The number of esters is 1. The maximum absolute atomic E-state index is 12.0. The molecular formula is C24H28Cl2INO4. The average Bonchev–Trinajstić information content (AvgIpc) is 2.71. The summed E-state index contributed by atoms with van der Waals surface area (Å²) in [5, 5.41) is 1.20. The van der Waals surface area contributed by atoms with Crippen LogP contribution in [-0.4, -0.2) is 42.7 Å². The molecule has 8 heteroatoms. The third kappa shape index (κ3) is 7.76. The molecule has 1 heterocycles. The molecule has 32 heavy (non-hydrogen) atoms. The van der Waals surface area contributed by atoms with Crippen molar-refractivity contribution in [2.75, 3.05) is 26.2 Å². The second kappa shape index (κ2) is 11.4. The van der Waals surface area contributed by atoms with Crippen LogP contribution in [0.2, 0.25) is 10.0 Å². The van der Waals surface area contributed by atoms with E-state index < -0.39 is 5.60 Å². The Morgan fingerprint density at radius 2 is 1.84 bits per heavy atom. The maximum atomic E-state index is 12.0. The molecule has 1 saturated heterocycles. The summed E-state index contributed by atoms with van der Waals surface area (Å²) < 4.78 is 18.2. The largest absolute Gasteiger partial charge is 0.489 e. The van der Waals surface area contributed by atoms with Crippen LogP contribution in [0.5, 0.6) is 5.75 Å². The first-order valence-electron chi connectivity index (χ1n) is 10.5. The fraction of sp³-hybridized carbons (Fsp3) is 0.458. The number of nitrogens with zero attached hydrogens (tertiary/aromatic N) is 1. The minimum atomic E-state index is -0.454. The molecule has 1 atom stereocenters. The van der Waals surface area contributed by atoms with Crippen LogP contribution in [-0.2, 0) is 20.9 Å². The lowest BCUT2D eigenvalue weighted by Gasteiger charge is -2.33. The van der Waals surface area contributed by atoms with Gasteiger partial charge >= 0.3 is 5.97 Å². The van der Waals surface area contributed by atoms with Crippen LogP contribution < -0.4 is 4.74 Å². The van der Waals surface area contributed by atoms with Gasteiger partial charge in [0, 0.05) is 38.8 Å². The van der Waals surface area contributed by atoms with Gasteiger partial charge in [-0.15, -0.1) is 0 Å². The molecule has 1 aliphatic heterocycles. The van der Waals surface area contributed by atoms with Crippen molar-refractivity contribution in [1.82, 2.24) is 4.90 Å². The number of hydrogen-bond donors (Lipinski definition) is 0. The smallest absolute Gasteiger partial charge is 0.307 e. The standard InChI is InChI=1S/C24H28Cl2INO4/c1-24(2,3)32-23(29)8-9-28-10-11-30-22(14-28)16-4-6-18(7-5-16)31-15-19-20(25)12-17(27)13-21(19)26/h4-7,12-13,22H,8-11,14-15H2,1-3H3. The Kier molecular flexibility index (Phi) is 9.09. The molecular weight excluding hydrogens is 564 g/mol. The van der Waals surface area contributed by atoms with E-state index >= 15 is 0 Å². The normalized spacial score (nSPS) is 17.2. The van der Waals surface area contributed by atoms with Gasteiger partial charge in [0.15, 0.2) is 0 Å². The fourth-order valence-electron chi connectivity index (χ4n) is 3.39. The Morgan fingerprint density at radius 3 is 2.47 bits per heavy atom. The number of morpholine rings is 1. The van der Waals surface area contributed by atoms with Gasteiger partial charge in [0.1, 0.15) is 18.0 Å². The third-order valence-electron chi connectivity index (χ3n) is 4.94. The van der Waals surface area contributed by atoms with E-state index in [-0.39, 0.29) is 12.1 Å². The predicted octanol–water partition coefficient (Wildman–Crippen LogP) is 6.28. The van der Waals surface area contributed by atoms with E-state index in [1.165, 1.54) is 0 Å². The van der Waals surface area contributed by atoms with Crippen LogP contribution in [0.15, 0.2) is 36.4 Å². The SMILES string of the molecule is CC(C)(C)OC(=O)CCN1CCOC(c2ccc(OCc3c(Cl)cc(I)cc3Cl)cc2)C1. The summed E-state index contributed by atoms with van der Waals surface area (Å²) in [5.74, 6) is 0.562. The molecule has 174 valence electrons. The van der Waals surface area contributed by atoms with Crippen molar-refractivity contribution in [2.45, 2.75) is 45.5 Å². The van der Waals surface area contributed by atoms with E-state index in [2.05, 4.69) is 27.5 Å². The van der Waals surface area contributed by atoms with Crippen molar-refractivity contribution in [2.24, 2.45) is 0 Å². The molecule has 2 aromatic carbocycles. The second-order valence-corrected chi connectivity index (χ2v) is 10.8. The molecule has 1 fully saturated rings. The van der Waals surface area contributed by atoms with Crippen LogP contribution in [0.1, 0.15) is 44.4 Å². The monoisotopic (exact) mass is 591 g/mol. The minimum Gasteiger partial charge on any atom is -0.489 e. The van der Waals surface area contributed by atoms with Gasteiger partial charge in [-0.3, -0.25) is 9.69 Å². The van der Waals surface area contributed by atoms with E-state index in [0.717, 1.165) is 33.5 Å². The number of hydrogen-bond acceptors (Lipinski definition) is 5. The van der Waals surface area contributed by atoms with E-state index in [9.17, 15) is 4.79 Å². The molecule has 0 N–H and O–H groups in total.